The Hall–Kier alpha value is -2.51. The number of aryl methyl sites for hydroxylation is 1. The van der Waals surface area contributed by atoms with Gasteiger partial charge in [0.1, 0.15) is 17.7 Å². The first-order chi connectivity index (χ1) is 9.11. The highest BCUT2D eigenvalue weighted by Gasteiger charge is 2.18. The largest absolute Gasteiger partial charge is 0.368 e. The van der Waals surface area contributed by atoms with E-state index in [1.807, 2.05) is 10.8 Å². The second-order valence-corrected chi connectivity index (χ2v) is 4.03. The van der Waals surface area contributed by atoms with Crippen LogP contribution in [0.25, 0.3) is 0 Å². The molecule has 100 valence electrons. The second-order valence-electron chi connectivity index (χ2n) is 4.03. The predicted molar refractivity (Wildman–Crippen MR) is 68.4 cm³/mol. The molecule has 0 aromatic carbocycles. The van der Waals surface area contributed by atoms with Gasteiger partial charge in [-0.25, -0.2) is 15.0 Å². The Morgan fingerprint density at radius 2 is 2.26 bits per heavy atom. The Morgan fingerprint density at radius 1 is 1.47 bits per heavy atom. The number of imidazole rings is 1. The monoisotopic (exact) mass is 262 g/mol. The zero-order valence-electron chi connectivity index (χ0n) is 10.5. The first kappa shape index (κ1) is 12.9. The Labute approximate surface area is 109 Å². The highest BCUT2D eigenvalue weighted by atomic mass is 16.6. The lowest BCUT2D eigenvalue weighted by Gasteiger charge is -2.06. The quantitative estimate of drug-likeness (QED) is 0.639. The van der Waals surface area contributed by atoms with Crippen LogP contribution in [0.5, 0.6) is 0 Å². The predicted octanol–water partition coefficient (Wildman–Crippen LogP) is 1.16. The van der Waals surface area contributed by atoms with E-state index in [4.69, 9.17) is 5.73 Å². The van der Waals surface area contributed by atoms with Crippen molar-refractivity contribution in [2.75, 3.05) is 5.73 Å². The summed E-state index contributed by atoms with van der Waals surface area (Å²) in [5.41, 5.74) is 5.62. The van der Waals surface area contributed by atoms with Crippen molar-refractivity contribution in [1.29, 1.82) is 0 Å². The van der Waals surface area contributed by atoms with Gasteiger partial charge < -0.3 is 10.3 Å². The average molecular weight is 262 g/mol. The highest BCUT2D eigenvalue weighted by molar-refractivity contribution is 5.38. The Balaban J connectivity index is 2.34. The minimum Gasteiger partial charge on any atom is -0.368 e. The lowest BCUT2D eigenvalue weighted by Crippen LogP contribution is -2.08. The van der Waals surface area contributed by atoms with Gasteiger partial charge in [-0.3, -0.25) is 10.1 Å². The summed E-state index contributed by atoms with van der Waals surface area (Å²) >= 11 is 0. The molecule has 0 radical (unpaired) electrons. The molecule has 0 atom stereocenters. The maximum atomic E-state index is 10.9. The molecule has 0 unspecified atom stereocenters. The van der Waals surface area contributed by atoms with Crippen LogP contribution in [-0.4, -0.2) is 24.4 Å². The normalized spacial score (nSPS) is 10.6. The van der Waals surface area contributed by atoms with Gasteiger partial charge in [0.05, 0.1) is 11.3 Å². The van der Waals surface area contributed by atoms with Crippen LogP contribution in [0.3, 0.4) is 0 Å². The van der Waals surface area contributed by atoms with E-state index < -0.39 is 4.92 Å². The maximum Gasteiger partial charge on any atom is 0.309 e. The molecule has 0 aliphatic heterocycles. The van der Waals surface area contributed by atoms with Gasteiger partial charge in [0.15, 0.2) is 0 Å². The molecule has 8 heteroatoms. The number of nitrogen functional groups attached to an aromatic ring is 1. The summed E-state index contributed by atoms with van der Waals surface area (Å²) in [5, 5.41) is 10.9. The van der Waals surface area contributed by atoms with E-state index in [2.05, 4.69) is 21.9 Å². The van der Waals surface area contributed by atoms with Crippen molar-refractivity contribution < 1.29 is 4.92 Å². The van der Waals surface area contributed by atoms with Crippen LogP contribution in [0.2, 0.25) is 0 Å². The minimum absolute atomic E-state index is 0.0224. The van der Waals surface area contributed by atoms with Gasteiger partial charge >= 0.3 is 5.69 Å². The van der Waals surface area contributed by atoms with Crippen molar-refractivity contribution in [3.8, 4) is 0 Å². The third-order valence-corrected chi connectivity index (χ3v) is 2.65. The summed E-state index contributed by atoms with van der Waals surface area (Å²) in [6, 6.07) is 0. The van der Waals surface area contributed by atoms with Gasteiger partial charge in [-0.1, -0.05) is 6.92 Å². The molecule has 0 bridgehead atoms. The standard InChI is InChI=1S/C11H14N6O2/c1-2-4-16-5-3-13-10(16)6-8-9(17(18)19)7-14-11(12)15-8/h3,5,7H,2,4,6H2,1H3,(H2,12,14,15). The van der Waals surface area contributed by atoms with Crippen molar-refractivity contribution in [3.05, 3.63) is 40.2 Å². The fraction of sp³-hybridized carbons (Fsp3) is 0.364. The first-order valence-corrected chi connectivity index (χ1v) is 5.87. The molecular formula is C11H14N6O2. The van der Waals surface area contributed by atoms with Crippen LogP contribution < -0.4 is 5.73 Å². The number of nitrogens with zero attached hydrogens (tertiary/aromatic N) is 5. The molecule has 0 aliphatic carbocycles. The summed E-state index contributed by atoms with van der Waals surface area (Å²) < 4.78 is 1.95. The summed E-state index contributed by atoms with van der Waals surface area (Å²) in [5.74, 6) is 0.747. The Kier molecular flexibility index (Phi) is 3.69. The summed E-state index contributed by atoms with van der Waals surface area (Å²) in [4.78, 5) is 22.2. The lowest BCUT2D eigenvalue weighted by atomic mass is 10.2. The van der Waals surface area contributed by atoms with Crippen LogP contribution in [0.15, 0.2) is 18.6 Å². The summed E-state index contributed by atoms with van der Waals surface area (Å²) in [6.45, 7) is 2.86. The number of aromatic nitrogens is 4. The van der Waals surface area contributed by atoms with Crippen LogP contribution >= 0.6 is 0 Å². The van der Waals surface area contributed by atoms with Crippen molar-refractivity contribution >= 4 is 11.6 Å². The topological polar surface area (TPSA) is 113 Å². The van der Waals surface area contributed by atoms with E-state index in [1.165, 1.54) is 0 Å². The first-order valence-electron chi connectivity index (χ1n) is 5.87. The number of nitrogens with two attached hydrogens (primary N) is 1. The van der Waals surface area contributed by atoms with Crippen molar-refractivity contribution in [2.45, 2.75) is 26.3 Å². The molecule has 0 amide bonds. The number of nitro groups is 1. The molecule has 2 heterocycles. The Morgan fingerprint density at radius 3 is 2.95 bits per heavy atom. The van der Waals surface area contributed by atoms with E-state index >= 15 is 0 Å². The minimum atomic E-state index is -0.512. The molecule has 0 fully saturated rings. The number of hydrogen-bond donors (Lipinski definition) is 1. The number of hydrogen-bond acceptors (Lipinski definition) is 6. The van der Waals surface area contributed by atoms with Gasteiger partial charge in [-0.05, 0) is 6.42 Å². The second kappa shape index (κ2) is 5.42. The van der Waals surface area contributed by atoms with Gasteiger partial charge in [-0.15, -0.1) is 0 Å². The van der Waals surface area contributed by atoms with Crippen LogP contribution in [0, 0.1) is 10.1 Å². The average Bonchev–Trinajstić information content (AvgIpc) is 2.77. The number of rotatable bonds is 5. The Bertz CT molecular complexity index is 595. The van der Waals surface area contributed by atoms with E-state index in [0.29, 0.717) is 0 Å². The molecule has 0 saturated carbocycles. The molecule has 8 nitrogen and oxygen atoms in total. The zero-order chi connectivity index (χ0) is 13.8. The van der Waals surface area contributed by atoms with Crippen molar-refractivity contribution in [3.63, 3.8) is 0 Å². The van der Waals surface area contributed by atoms with Crippen molar-refractivity contribution in [2.24, 2.45) is 0 Å². The van der Waals surface area contributed by atoms with Crippen LogP contribution in [-0.2, 0) is 13.0 Å². The van der Waals surface area contributed by atoms with E-state index in [9.17, 15) is 10.1 Å². The smallest absolute Gasteiger partial charge is 0.309 e. The molecule has 0 saturated heterocycles. The van der Waals surface area contributed by atoms with Crippen LogP contribution in [0.1, 0.15) is 24.9 Å². The third-order valence-electron chi connectivity index (χ3n) is 2.65. The fourth-order valence-corrected chi connectivity index (χ4v) is 1.81. The van der Waals surface area contributed by atoms with Crippen molar-refractivity contribution in [1.82, 2.24) is 19.5 Å². The fourth-order valence-electron chi connectivity index (χ4n) is 1.81. The molecule has 2 N–H and O–H groups in total. The van der Waals surface area contributed by atoms with Gasteiger partial charge in [0, 0.05) is 18.9 Å². The zero-order valence-corrected chi connectivity index (χ0v) is 10.5. The lowest BCUT2D eigenvalue weighted by molar-refractivity contribution is -0.386. The molecule has 0 aliphatic rings. The summed E-state index contributed by atoms with van der Waals surface area (Å²) in [7, 11) is 0. The molecular weight excluding hydrogens is 248 g/mol. The molecule has 0 spiro atoms. The third kappa shape index (κ3) is 2.84. The highest BCUT2D eigenvalue weighted by Crippen LogP contribution is 2.18. The van der Waals surface area contributed by atoms with Gasteiger partial charge in [-0.2, -0.15) is 0 Å². The van der Waals surface area contributed by atoms with E-state index in [-0.39, 0.29) is 23.8 Å². The molecule has 2 rings (SSSR count). The number of anilines is 1. The maximum absolute atomic E-state index is 10.9. The van der Waals surface area contributed by atoms with E-state index in [0.717, 1.165) is 25.0 Å². The SMILES string of the molecule is CCCn1ccnc1Cc1nc(N)ncc1[N+](=O)[O-]. The van der Waals surface area contributed by atoms with Gasteiger partial charge in [0.2, 0.25) is 5.95 Å². The summed E-state index contributed by atoms with van der Waals surface area (Å²) in [6.07, 6.45) is 5.86. The molecule has 2 aromatic rings. The van der Waals surface area contributed by atoms with Gasteiger partial charge in [0.25, 0.3) is 0 Å². The van der Waals surface area contributed by atoms with E-state index in [1.54, 1.807) is 6.20 Å². The molecule has 19 heavy (non-hydrogen) atoms. The molecule has 2 aromatic heterocycles. The van der Waals surface area contributed by atoms with Crippen LogP contribution in [0.4, 0.5) is 11.6 Å².